The number of esters is 4. The van der Waals surface area contributed by atoms with E-state index in [0.29, 0.717) is 17.7 Å². The van der Waals surface area contributed by atoms with Crippen LogP contribution in [-0.2, 0) is 93.0 Å². The molecule has 366 valence electrons. The molecule has 70 heavy (non-hydrogen) atoms. The molecule has 0 aliphatic carbocycles. The van der Waals surface area contributed by atoms with E-state index in [-0.39, 0.29) is 33.0 Å². The highest BCUT2D eigenvalue weighted by Gasteiger charge is 2.53. The summed E-state index contributed by atoms with van der Waals surface area (Å²) in [6.45, 7) is 5.61. The summed E-state index contributed by atoms with van der Waals surface area (Å²) in [5.74, 6) is 3.88. The predicted molar refractivity (Wildman–Crippen MR) is 254 cm³/mol. The summed E-state index contributed by atoms with van der Waals surface area (Å²) >= 11 is 0. The van der Waals surface area contributed by atoms with Crippen LogP contribution in [0.3, 0.4) is 0 Å². The minimum absolute atomic E-state index is 0.140. The zero-order chi connectivity index (χ0) is 49.2. The Morgan fingerprint density at radius 2 is 0.929 bits per heavy atom. The number of benzene rings is 5. The SMILES string of the molecule is CC(=O)OCC1OC(c2cccc(C#CC3OC(COCc4ccccc4)C(OCc4ccccc4)C(OCc4ccccc4)C3OCc3ccccc3)c2)C(OC(C)=O)C(OC(C)=O)C1OC(C)=O. The lowest BCUT2D eigenvalue weighted by molar-refractivity contribution is -0.261. The number of carbonyl (C=O) groups excluding carboxylic acids is 4. The van der Waals surface area contributed by atoms with Gasteiger partial charge in [0.2, 0.25) is 0 Å². The highest BCUT2D eigenvalue weighted by atomic mass is 16.7. The Labute approximate surface area is 408 Å². The van der Waals surface area contributed by atoms with Crippen molar-refractivity contribution in [2.75, 3.05) is 13.2 Å². The van der Waals surface area contributed by atoms with Gasteiger partial charge in [0.1, 0.15) is 49.3 Å². The molecule has 0 bridgehead atoms. The van der Waals surface area contributed by atoms with Gasteiger partial charge in [0.25, 0.3) is 0 Å². The largest absolute Gasteiger partial charge is 0.463 e. The number of ether oxygens (including phenoxy) is 10. The molecule has 10 unspecified atom stereocenters. The minimum Gasteiger partial charge on any atom is -0.463 e. The van der Waals surface area contributed by atoms with E-state index < -0.39 is 84.9 Å². The van der Waals surface area contributed by atoms with Crippen molar-refractivity contribution >= 4 is 23.9 Å². The monoisotopic (exact) mass is 954 g/mol. The van der Waals surface area contributed by atoms with Crippen LogP contribution >= 0.6 is 0 Å². The maximum absolute atomic E-state index is 12.6. The second kappa shape index (κ2) is 25.8. The van der Waals surface area contributed by atoms with E-state index in [1.807, 2.05) is 121 Å². The third kappa shape index (κ3) is 14.9. The molecule has 0 aromatic heterocycles. The zero-order valence-corrected chi connectivity index (χ0v) is 39.6. The Morgan fingerprint density at radius 3 is 1.46 bits per heavy atom. The van der Waals surface area contributed by atoms with E-state index in [2.05, 4.69) is 11.8 Å². The van der Waals surface area contributed by atoms with Gasteiger partial charge < -0.3 is 47.4 Å². The fraction of sp³-hybridized carbons (Fsp3) is 0.357. The molecule has 5 aromatic carbocycles. The number of hydrogen-bond acceptors (Lipinski definition) is 14. The van der Waals surface area contributed by atoms with Crippen LogP contribution in [0.1, 0.15) is 67.2 Å². The lowest BCUT2D eigenvalue weighted by atomic mass is 9.89. The van der Waals surface area contributed by atoms with Gasteiger partial charge in [-0.25, -0.2) is 0 Å². The first-order chi connectivity index (χ1) is 34.0. The van der Waals surface area contributed by atoms with E-state index in [4.69, 9.17) is 47.4 Å². The molecule has 2 fully saturated rings. The topological polar surface area (TPSA) is 161 Å². The highest BCUT2D eigenvalue weighted by molar-refractivity contribution is 5.69. The van der Waals surface area contributed by atoms with Crippen LogP contribution in [0.2, 0.25) is 0 Å². The standard InChI is InChI=1S/C56H58O14/c1-37(57)62-36-49-53(66-38(2)58)56(68-40(4)60)55(67-39(3)59)50(70-49)46-27-17-26-41(30-46)28-29-47-51(63-32-43-20-11-6-12-21-43)54(65-34-45-24-15-8-16-25-45)52(64-33-44-22-13-7-14-23-44)48(69-47)35-61-31-42-18-9-5-10-19-42/h5-27,30,47-56H,31-36H2,1-4H3. The lowest BCUT2D eigenvalue weighted by Gasteiger charge is -2.45. The van der Waals surface area contributed by atoms with Gasteiger partial charge in [0, 0.05) is 33.3 Å². The first-order valence-electron chi connectivity index (χ1n) is 23.2. The molecule has 0 amide bonds. The van der Waals surface area contributed by atoms with Crippen molar-refractivity contribution in [3.63, 3.8) is 0 Å². The fourth-order valence-electron chi connectivity index (χ4n) is 8.35. The minimum atomic E-state index is -1.34. The second-order valence-electron chi connectivity index (χ2n) is 16.9. The molecule has 2 heterocycles. The van der Waals surface area contributed by atoms with Crippen molar-refractivity contribution in [2.45, 2.75) is 115 Å². The molecule has 10 atom stereocenters. The van der Waals surface area contributed by atoms with Gasteiger partial charge in [0.15, 0.2) is 18.3 Å². The van der Waals surface area contributed by atoms with Crippen LogP contribution in [0.25, 0.3) is 0 Å². The predicted octanol–water partition coefficient (Wildman–Crippen LogP) is 7.58. The van der Waals surface area contributed by atoms with Crippen LogP contribution < -0.4 is 0 Å². The lowest BCUT2D eigenvalue weighted by Crippen LogP contribution is -2.60. The molecule has 2 aliphatic rings. The first-order valence-corrected chi connectivity index (χ1v) is 23.2. The van der Waals surface area contributed by atoms with Crippen molar-refractivity contribution in [1.82, 2.24) is 0 Å². The zero-order valence-electron chi connectivity index (χ0n) is 39.6. The Morgan fingerprint density at radius 1 is 0.457 bits per heavy atom. The molecule has 14 nitrogen and oxygen atoms in total. The van der Waals surface area contributed by atoms with E-state index >= 15 is 0 Å². The van der Waals surface area contributed by atoms with Crippen molar-refractivity contribution in [3.8, 4) is 11.8 Å². The van der Waals surface area contributed by atoms with Gasteiger partial charge >= 0.3 is 23.9 Å². The molecule has 0 saturated carbocycles. The Bertz CT molecular complexity index is 2510. The maximum Gasteiger partial charge on any atom is 0.303 e. The van der Waals surface area contributed by atoms with Crippen molar-refractivity contribution in [3.05, 3.63) is 179 Å². The quantitative estimate of drug-likeness (QED) is 0.0453. The molecular weight excluding hydrogens is 897 g/mol. The molecule has 5 aromatic rings. The summed E-state index contributed by atoms with van der Waals surface area (Å²) < 4.78 is 62.7. The molecule has 0 radical (unpaired) electrons. The van der Waals surface area contributed by atoms with Crippen LogP contribution in [0.4, 0.5) is 0 Å². The van der Waals surface area contributed by atoms with Gasteiger partial charge in [-0.3, -0.25) is 19.2 Å². The molecule has 0 spiro atoms. The average Bonchev–Trinajstić information content (AvgIpc) is 3.35. The highest BCUT2D eigenvalue weighted by Crippen LogP contribution is 2.38. The maximum atomic E-state index is 12.6. The molecule has 2 saturated heterocycles. The third-order valence-corrected chi connectivity index (χ3v) is 11.4. The second-order valence-corrected chi connectivity index (χ2v) is 16.9. The summed E-state index contributed by atoms with van der Waals surface area (Å²) in [4.78, 5) is 49.5. The van der Waals surface area contributed by atoms with E-state index in [0.717, 1.165) is 22.3 Å². The third-order valence-electron chi connectivity index (χ3n) is 11.4. The van der Waals surface area contributed by atoms with Crippen molar-refractivity contribution < 1.29 is 66.5 Å². The van der Waals surface area contributed by atoms with Gasteiger partial charge in [-0.15, -0.1) is 0 Å². The van der Waals surface area contributed by atoms with E-state index in [1.54, 1.807) is 24.3 Å². The average molecular weight is 955 g/mol. The number of carbonyl (C=O) groups is 4. The van der Waals surface area contributed by atoms with Crippen LogP contribution in [0, 0.1) is 11.8 Å². The number of hydrogen-bond donors (Lipinski definition) is 0. The molecule has 0 N–H and O–H groups in total. The summed E-state index contributed by atoms with van der Waals surface area (Å²) in [6.07, 6.45) is -9.93. The van der Waals surface area contributed by atoms with E-state index in [9.17, 15) is 19.2 Å². The Hall–Kier alpha value is -6.70. The fourth-order valence-corrected chi connectivity index (χ4v) is 8.35. The normalized spacial score (nSPS) is 24.0. The van der Waals surface area contributed by atoms with Gasteiger partial charge in [0.05, 0.1) is 33.0 Å². The van der Waals surface area contributed by atoms with Crippen molar-refractivity contribution in [1.29, 1.82) is 0 Å². The summed E-state index contributed by atoms with van der Waals surface area (Å²) in [6, 6.07) is 46.4. The van der Waals surface area contributed by atoms with Crippen LogP contribution in [0.15, 0.2) is 146 Å². The summed E-state index contributed by atoms with van der Waals surface area (Å²) in [5.41, 5.74) is 4.83. The molecule has 7 rings (SSSR count). The summed E-state index contributed by atoms with van der Waals surface area (Å²) in [5, 5.41) is 0. The van der Waals surface area contributed by atoms with Gasteiger partial charge in [-0.05, 0) is 39.9 Å². The van der Waals surface area contributed by atoms with Gasteiger partial charge in [-0.2, -0.15) is 0 Å². The van der Waals surface area contributed by atoms with Crippen LogP contribution in [0.5, 0.6) is 0 Å². The molecule has 14 heteroatoms. The molecular formula is C56H58O14. The number of rotatable bonds is 19. The van der Waals surface area contributed by atoms with Crippen molar-refractivity contribution in [2.24, 2.45) is 0 Å². The summed E-state index contributed by atoms with van der Waals surface area (Å²) in [7, 11) is 0. The molecule has 2 aliphatic heterocycles. The Kier molecular flexibility index (Phi) is 18.8. The Balaban J connectivity index is 1.26. The first kappa shape index (κ1) is 51.2. The van der Waals surface area contributed by atoms with Gasteiger partial charge in [-0.1, -0.05) is 145 Å². The smallest absolute Gasteiger partial charge is 0.303 e. The van der Waals surface area contributed by atoms with E-state index in [1.165, 1.54) is 27.7 Å². The van der Waals surface area contributed by atoms with Crippen LogP contribution in [-0.4, -0.2) is 92.0 Å².